The molecule has 11 aromatic rings. The number of aromatic nitrogens is 3. The normalized spacial score (nSPS) is 12.7. The molecule has 4 heteroatoms. The van der Waals surface area contributed by atoms with Gasteiger partial charge in [-0.05, 0) is 115 Å². The van der Waals surface area contributed by atoms with Gasteiger partial charge in [-0.25, -0.2) is 15.0 Å². The van der Waals surface area contributed by atoms with Crippen LogP contribution in [0.1, 0.15) is 17.5 Å². The summed E-state index contributed by atoms with van der Waals surface area (Å²) in [5.74, 6) is 1.99. The van der Waals surface area contributed by atoms with Crippen molar-refractivity contribution in [1.29, 1.82) is 0 Å². The number of furan rings is 1. The Morgan fingerprint density at radius 1 is 0.404 bits per heavy atom. The maximum Gasteiger partial charge on any atom is 0.164 e. The van der Waals surface area contributed by atoms with Crippen molar-refractivity contribution in [2.45, 2.75) is 12.8 Å². The minimum absolute atomic E-state index is 0.648. The van der Waals surface area contributed by atoms with Gasteiger partial charge in [0.1, 0.15) is 11.2 Å². The fraction of sp³-hybridized carbons (Fsp3) is 0.0377. The summed E-state index contributed by atoms with van der Waals surface area (Å²) < 4.78 is 6.22. The smallest absolute Gasteiger partial charge is 0.164 e. The molecule has 1 aliphatic rings. The van der Waals surface area contributed by atoms with Gasteiger partial charge in [0, 0.05) is 27.5 Å². The number of hydrogen-bond acceptors (Lipinski definition) is 4. The van der Waals surface area contributed by atoms with E-state index in [1.165, 1.54) is 27.3 Å². The first-order chi connectivity index (χ1) is 28.2. The van der Waals surface area contributed by atoms with Gasteiger partial charge in [-0.1, -0.05) is 140 Å². The largest absolute Gasteiger partial charge is 0.456 e. The van der Waals surface area contributed by atoms with Crippen molar-refractivity contribution in [1.82, 2.24) is 15.0 Å². The van der Waals surface area contributed by atoms with E-state index in [9.17, 15) is 0 Å². The van der Waals surface area contributed by atoms with E-state index in [4.69, 9.17) is 19.4 Å². The van der Waals surface area contributed by atoms with Crippen molar-refractivity contribution in [3.8, 4) is 45.3 Å². The van der Waals surface area contributed by atoms with Crippen molar-refractivity contribution in [3.05, 3.63) is 181 Å². The lowest BCUT2D eigenvalue weighted by atomic mass is 9.89. The van der Waals surface area contributed by atoms with Crippen LogP contribution in [0.2, 0.25) is 0 Å². The molecule has 0 N–H and O–H groups in total. The lowest BCUT2D eigenvalue weighted by Gasteiger charge is -2.17. The molecule has 9 aromatic carbocycles. The summed E-state index contributed by atoms with van der Waals surface area (Å²) in [7, 11) is 0. The number of para-hydroxylation sites is 1. The van der Waals surface area contributed by atoms with Gasteiger partial charge in [0.25, 0.3) is 0 Å². The Bertz CT molecular complexity index is 3480. The average Bonchev–Trinajstić information content (AvgIpc) is 3.67. The molecule has 57 heavy (non-hydrogen) atoms. The SMILES string of the molecule is C1=Cc2c(cc(-c3nc(-c4ccc5cc(-c6cccc7oc8ccccc8c67)ccc5c4)nc(-c4cc5ccccc5c5ccccc45)n3)c3ccccc23)CC1. The summed E-state index contributed by atoms with van der Waals surface area (Å²) in [6.45, 7) is 0. The zero-order chi connectivity index (χ0) is 37.5. The third-order valence-corrected chi connectivity index (χ3v) is 11.7. The first-order valence-electron chi connectivity index (χ1n) is 19.6. The van der Waals surface area contributed by atoms with Crippen molar-refractivity contribution >= 4 is 71.1 Å². The average molecular weight is 728 g/mol. The second-order valence-electron chi connectivity index (χ2n) is 15.0. The lowest BCUT2D eigenvalue weighted by Crippen LogP contribution is -2.03. The molecule has 0 aliphatic heterocycles. The van der Waals surface area contributed by atoms with Gasteiger partial charge in [0.05, 0.1) is 0 Å². The van der Waals surface area contributed by atoms with E-state index < -0.39 is 0 Å². The Labute approximate surface area is 328 Å². The highest BCUT2D eigenvalue weighted by molar-refractivity contribution is 6.14. The van der Waals surface area contributed by atoms with Crippen LogP contribution in [0.4, 0.5) is 0 Å². The molecule has 2 aromatic heterocycles. The Morgan fingerprint density at radius 3 is 1.84 bits per heavy atom. The van der Waals surface area contributed by atoms with Gasteiger partial charge in [-0.2, -0.15) is 0 Å². The van der Waals surface area contributed by atoms with Crippen LogP contribution >= 0.6 is 0 Å². The third-order valence-electron chi connectivity index (χ3n) is 11.7. The number of allylic oxidation sites excluding steroid dienone is 1. The molecule has 0 fully saturated rings. The number of fused-ring (bicyclic) bond motifs is 10. The molecule has 12 rings (SSSR count). The molecular formula is C53H33N3O. The molecule has 0 spiro atoms. The maximum absolute atomic E-state index is 6.22. The first kappa shape index (κ1) is 31.9. The molecule has 2 heterocycles. The van der Waals surface area contributed by atoms with Crippen LogP contribution in [0, 0.1) is 0 Å². The van der Waals surface area contributed by atoms with E-state index in [-0.39, 0.29) is 0 Å². The Kier molecular flexibility index (Phi) is 7.02. The second-order valence-corrected chi connectivity index (χ2v) is 15.0. The lowest BCUT2D eigenvalue weighted by molar-refractivity contribution is 0.669. The number of nitrogens with zero attached hydrogens (tertiary/aromatic N) is 3. The van der Waals surface area contributed by atoms with Crippen LogP contribution < -0.4 is 0 Å². The van der Waals surface area contributed by atoms with Crippen LogP contribution in [0.3, 0.4) is 0 Å². The van der Waals surface area contributed by atoms with Gasteiger partial charge >= 0.3 is 0 Å². The highest BCUT2D eigenvalue weighted by atomic mass is 16.3. The molecular weight excluding hydrogens is 695 g/mol. The van der Waals surface area contributed by atoms with E-state index in [1.807, 2.05) is 18.2 Å². The highest BCUT2D eigenvalue weighted by Crippen LogP contribution is 2.40. The summed E-state index contributed by atoms with van der Waals surface area (Å²) in [4.78, 5) is 16.0. The number of hydrogen-bond donors (Lipinski definition) is 0. The predicted octanol–water partition coefficient (Wildman–Crippen LogP) is 14.0. The van der Waals surface area contributed by atoms with Gasteiger partial charge < -0.3 is 4.42 Å². The Hall–Kier alpha value is -7.43. The third kappa shape index (κ3) is 5.11. The van der Waals surface area contributed by atoms with E-state index in [0.29, 0.717) is 17.5 Å². The maximum atomic E-state index is 6.22. The quantitative estimate of drug-likeness (QED) is 0.169. The van der Waals surface area contributed by atoms with Crippen LogP contribution in [0.25, 0.3) is 116 Å². The molecule has 0 radical (unpaired) electrons. The Balaban J connectivity index is 1.06. The molecule has 266 valence electrons. The molecule has 0 amide bonds. The van der Waals surface area contributed by atoms with E-state index in [2.05, 4.69) is 158 Å². The molecule has 0 bridgehead atoms. The van der Waals surface area contributed by atoms with Crippen LogP contribution in [-0.4, -0.2) is 15.0 Å². The topological polar surface area (TPSA) is 51.8 Å². The fourth-order valence-corrected chi connectivity index (χ4v) is 9.04. The predicted molar refractivity (Wildman–Crippen MR) is 236 cm³/mol. The molecule has 4 nitrogen and oxygen atoms in total. The fourth-order valence-electron chi connectivity index (χ4n) is 9.04. The van der Waals surface area contributed by atoms with Gasteiger partial charge in [-0.3, -0.25) is 0 Å². The number of rotatable bonds is 4. The van der Waals surface area contributed by atoms with Crippen molar-refractivity contribution in [3.63, 3.8) is 0 Å². The summed E-state index contributed by atoms with van der Waals surface area (Å²) >= 11 is 0. The minimum atomic E-state index is 0.648. The van der Waals surface area contributed by atoms with E-state index in [0.717, 1.165) is 89.5 Å². The minimum Gasteiger partial charge on any atom is -0.456 e. The van der Waals surface area contributed by atoms with Gasteiger partial charge in [0.2, 0.25) is 0 Å². The van der Waals surface area contributed by atoms with Gasteiger partial charge in [0.15, 0.2) is 17.5 Å². The molecule has 0 saturated carbocycles. The van der Waals surface area contributed by atoms with Crippen LogP contribution in [-0.2, 0) is 6.42 Å². The standard InChI is InChI=1S/C53H33N3O/c1-3-14-38-34(12-1)30-46(43-18-7-5-16-41(38)43)52-54-51(55-53(56-52)47-31-35-13-2-4-15-39(35)42-17-6-8-19-44(42)47)37-27-25-32-28-36(26-24-33(32)29-37)40-21-11-23-49-50(40)45-20-9-10-22-48(45)57-49/h1,3-12,14-31H,2,13H2. The number of benzene rings is 9. The first-order valence-corrected chi connectivity index (χ1v) is 19.6. The van der Waals surface area contributed by atoms with Crippen LogP contribution in [0.5, 0.6) is 0 Å². The van der Waals surface area contributed by atoms with Crippen LogP contribution in [0.15, 0.2) is 174 Å². The van der Waals surface area contributed by atoms with Crippen molar-refractivity contribution in [2.24, 2.45) is 0 Å². The number of aryl methyl sites for hydroxylation is 1. The summed E-state index contributed by atoms with van der Waals surface area (Å²) in [5, 5.41) is 11.6. The van der Waals surface area contributed by atoms with Crippen molar-refractivity contribution < 1.29 is 4.42 Å². The zero-order valence-corrected chi connectivity index (χ0v) is 30.9. The monoisotopic (exact) mass is 727 g/mol. The molecule has 1 aliphatic carbocycles. The second kappa shape index (κ2) is 12.6. The molecule has 0 unspecified atom stereocenters. The summed E-state index contributed by atoms with van der Waals surface area (Å²) in [6, 6.07) is 58.2. The summed E-state index contributed by atoms with van der Waals surface area (Å²) in [5.41, 5.74) is 9.68. The molecule has 0 saturated heterocycles. The highest BCUT2D eigenvalue weighted by Gasteiger charge is 2.20. The Morgan fingerprint density at radius 2 is 1.02 bits per heavy atom. The molecule has 0 atom stereocenters. The summed E-state index contributed by atoms with van der Waals surface area (Å²) in [6.07, 6.45) is 6.56. The van der Waals surface area contributed by atoms with E-state index in [1.54, 1.807) is 0 Å². The van der Waals surface area contributed by atoms with E-state index >= 15 is 0 Å². The van der Waals surface area contributed by atoms with Crippen molar-refractivity contribution in [2.75, 3.05) is 0 Å². The van der Waals surface area contributed by atoms with Gasteiger partial charge in [-0.15, -0.1) is 0 Å². The zero-order valence-electron chi connectivity index (χ0n) is 30.9.